The lowest BCUT2D eigenvalue weighted by Crippen LogP contribution is -2.02. The van der Waals surface area contributed by atoms with E-state index in [1.165, 1.54) is 24.6 Å². The van der Waals surface area contributed by atoms with Gasteiger partial charge in [0.25, 0.3) is 0 Å². The summed E-state index contributed by atoms with van der Waals surface area (Å²) in [6.07, 6.45) is 2.33. The van der Waals surface area contributed by atoms with Crippen molar-refractivity contribution in [3.8, 4) is 5.69 Å². The van der Waals surface area contributed by atoms with E-state index in [1.807, 2.05) is 18.2 Å². The highest BCUT2D eigenvalue weighted by Crippen LogP contribution is 2.41. The third kappa shape index (κ3) is 2.99. The number of aromatic nitrogens is 2. The number of carboxylic acids is 1. The molecule has 1 fully saturated rings. The van der Waals surface area contributed by atoms with Gasteiger partial charge in [-0.1, -0.05) is 23.4 Å². The van der Waals surface area contributed by atoms with E-state index >= 15 is 0 Å². The van der Waals surface area contributed by atoms with Gasteiger partial charge in [-0.15, -0.1) is 0 Å². The third-order valence-corrected chi connectivity index (χ3v) is 4.34. The van der Waals surface area contributed by atoms with Crippen LogP contribution in [0.3, 0.4) is 0 Å². The minimum Gasteiger partial charge on any atom is -0.481 e. The molecule has 0 amide bonds. The zero-order valence-electron chi connectivity index (χ0n) is 10.6. The SMILES string of the molecule is O=C(O)CSc1cc(C2CC2)nn1-c1ccc(Cl)cc1. The van der Waals surface area contributed by atoms with Gasteiger partial charge in [0, 0.05) is 10.9 Å². The molecule has 0 saturated heterocycles. The first-order valence-corrected chi connectivity index (χ1v) is 7.70. The number of hydrogen-bond acceptors (Lipinski definition) is 3. The van der Waals surface area contributed by atoms with Gasteiger partial charge in [-0.3, -0.25) is 4.79 Å². The highest BCUT2D eigenvalue weighted by Gasteiger charge is 2.27. The molecule has 4 nitrogen and oxygen atoms in total. The van der Waals surface area contributed by atoms with Crippen LogP contribution in [0.15, 0.2) is 35.4 Å². The van der Waals surface area contributed by atoms with Crippen molar-refractivity contribution in [2.75, 3.05) is 5.75 Å². The molecular weight excluding hydrogens is 296 g/mol. The summed E-state index contributed by atoms with van der Waals surface area (Å²) in [5.41, 5.74) is 1.95. The average molecular weight is 309 g/mol. The van der Waals surface area contributed by atoms with Crippen molar-refractivity contribution in [3.63, 3.8) is 0 Å². The third-order valence-electron chi connectivity index (χ3n) is 3.11. The van der Waals surface area contributed by atoms with Crippen LogP contribution in [0.5, 0.6) is 0 Å². The minimum absolute atomic E-state index is 0.0311. The maximum absolute atomic E-state index is 10.8. The zero-order chi connectivity index (χ0) is 14.1. The maximum atomic E-state index is 10.8. The summed E-state index contributed by atoms with van der Waals surface area (Å²) in [5.74, 6) is -0.261. The number of carbonyl (C=O) groups is 1. The van der Waals surface area contributed by atoms with Crippen LogP contribution >= 0.6 is 23.4 Å². The lowest BCUT2D eigenvalue weighted by Gasteiger charge is -2.06. The lowest BCUT2D eigenvalue weighted by atomic mass is 10.3. The van der Waals surface area contributed by atoms with Crippen molar-refractivity contribution in [2.45, 2.75) is 23.8 Å². The van der Waals surface area contributed by atoms with E-state index < -0.39 is 5.97 Å². The van der Waals surface area contributed by atoms with Gasteiger partial charge in [-0.25, -0.2) is 4.68 Å². The van der Waals surface area contributed by atoms with Crippen molar-refractivity contribution >= 4 is 29.3 Å². The maximum Gasteiger partial charge on any atom is 0.313 e. The average Bonchev–Trinajstić information content (AvgIpc) is 3.18. The van der Waals surface area contributed by atoms with Crippen LogP contribution in [0.4, 0.5) is 0 Å². The van der Waals surface area contributed by atoms with Gasteiger partial charge in [0.15, 0.2) is 0 Å². The Kier molecular flexibility index (Phi) is 3.72. The molecule has 1 N–H and O–H groups in total. The molecule has 0 bridgehead atoms. The van der Waals surface area contributed by atoms with E-state index in [1.54, 1.807) is 16.8 Å². The van der Waals surface area contributed by atoms with Crippen LogP contribution in [0.2, 0.25) is 5.02 Å². The monoisotopic (exact) mass is 308 g/mol. The number of carboxylic acid groups (broad SMARTS) is 1. The number of nitrogens with zero attached hydrogens (tertiary/aromatic N) is 2. The molecule has 2 aromatic rings. The summed E-state index contributed by atoms with van der Waals surface area (Å²) < 4.78 is 1.80. The Morgan fingerprint density at radius 2 is 2.10 bits per heavy atom. The predicted octanol–water partition coefficient (Wildman–Crippen LogP) is 3.58. The molecule has 1 aromatic heterocycles. The molecule has 1 aliphatic rings. The van der Waals surface area contributed by atoms with Crippen LogP contribution in [0.25, 0.3) is 5.69 Å². The summed E-state index contributed by atoms with van der Waals surface area (Å²) >= 11 is 7.18. The topological polar surface area (TPSA) is 55.1 Å². The quantitative estimate of drug-likeness (QED) is 0.858. The Bertz CT molecular complexity index is 635. The number of hydrogen-bond donors (Lipinski definition) is 1. The molecule has 0 unspecified atom stereocenters. The van der Waals surface area contributed by atoms with Crippen molar-refractivity contribution in [1.29, 1.82) is 0 Å². The normalized spacial score (nSPS) is 14.4. The second kappa shape index (κ2) is 5.50. The Hall–Kier alpha value is -1.46. The van der Waals surface area contributed by atoms with Crippen LogP contribution in [0, 0.1) is 0 Å². The molecule has 1 aromatic carbocycles. The van der Waals surface area contributed by atoms with Crippen LogP contribution < -0.4 is 0 Å². The predicted molar refractivity (Wildman–Crippen MR) is 78.9 cm³/mol. The highest BCUT2D eigenvalue weighted by molar-refractivity contribution is 7.99. The van der Waals surface area contributed by atoms with Crippen molar-refractivity contribution in [3.05, 3.63) is 41.0 Å². The van der Waals surface area contributed by atoms with Gasteiger partial charge in [0.1, 0.15) is 5.03 Å². The Labute approximate surface area is 125 Å². The van der Waals surface area contributed by atoms with Crippen molar-refractivity contribution in [1.82, 2.24) is 9.78 Å². The van der Waals surface area contributed by atoms with Gasteiger partial charge in [-0.2, -0.15) is 5.10 Å². The molecule has 1 heterocycles. The van der Waals surface area contributed by atoms with E-state index in [2.05, 4.69) is 5.10 Å². The van der Waals surface area contributed by atoms with Gasteiger partial charge in [0.05, 0.1) is 17.1 Å². The van der Waals surface area contributed by atoms with E-state index in [-0.39, 0.29) is 5.75 Å². The number of halogens is 1. The summed E-state index contributed by atoms with van der Waals surface area (Å²) in [6, 6.07) is 9.38. The Balaban J connectivity index is 1.93. The van der Waals surface area contributed by atoms with E-state index in [0.29, 0.717) is 10.9 Å². The van der Waals surface area contributed by atoms with Crippen molar-refractivity contribution < 1.29 is 9.90 Å². The van der Waals surface area contributed by atoms with Gasteiger partial charge >= 0.3 is 5.97 Å². The fourth-order valence-corrected chi connectivity index (χ4v) is 2.84. The molecule has 0 aliphatic heterocycles. The molecule has 0 radical (unpaired) electrons. The van der Waals surface area contributed by atoms with Gasteiger partial charge in [-0.05, 0) is 43.2 Å². The van der Waals surface area contributed by atoms with Crippen molar-refractivity contribution in [2.24, 2.45) is 0 Å². The van der Waals surface area contributed by atoms with Crippen LogP contribution in [-0.4, -0.2) is 26.6 Å². The number of benzene rings is 1. The van der Waals surface area contributed by atoms with Crippen LogP contribution in [0.1, 0.15) is 24.5 Å². The smallest absolute Gasteiger partial charge is 0.313 e. The molecule has 3 rings (SSSR count). The van der Waals surface area contributed by atoms with E-state index in [4.69, 9.17) is 16.7 Å². The zero-order valence-corrected chi connectivity index (χ0v) is 12.2. The molecule has 1 saturated carbocycles. The minimum atomic E-state index is -0.827. The number of aliphatic carboxylic acids is 1. The second-order valence-corrected chi connectivity index (χ2v) is 6.18. The summed E-state index contributed by atoms with van der Waals surface area (Å²) in [5, 5.41) is 15.0. The highest BCUT2D eigenvalue weighted by atomic mass is 35.5. The molecule has 0 atom stereocenters. The number of thioether (sulfide) groups is 1. The van der Waals surface area contributed by atoms with E-state index in [9.17, 15) is 4.79 Å². The van der Waals surface area contributed by atoms with Crippen LogP contribution in [-0.2, 0) is 4.79 Å². The Morgan fingerprint density at radius 1 is 1.40 bits per heavy atom. The molecule has 104 valence electrons. The first kappa shape index (κ1) is 13.5. The Morgan fingerprint density at radius 3 is 2.70 bits per heavy atom. The number of rotatable bonds is 5. The largest absolute Gasteiger partial charge is 0.481 e. The van der Waals surface area contributed by atoms with Gasteiger partial charge < -0.3 is 5.11 Å². The lowest BCUT2D eigenvalue weighted by molar-refractivity contribution is -0.133. The summed E-state index contributed by atoms with van der Waals surface area (Å²) in [7, 11) is 0. The molecule has 1 aliphatic carbocycles. The fraction of sp³-hybridized carbons (Fsp3) is 0.286. The second-order valence-electron chi connectivity index (χ2n) is 4.75. The first-order valence-electron chi connectivity index (χ1n) is 6.34. The van der Waals surface area contributed by atoms with Gasteiger partial charge in [0.2, 0.25) is 0 Å². The standard InChI is InChI=1S/C14H13ClN2O2S/c15-10-3-5-11(6-4-10)17-13(20-8-14(18)19)7-12(16-17)9-1-2-9/h3-7,9H,1-2,8H2,(H,18,19). The fourth-order valence-electron chi connectivity index (χ4n) is 1.97. The molecule has 6 heteroatoms. The molecule has 20 heavy (non-hydrogen) atoms. The first-order chi connectivity index (χ1) is 9.63. The summed E-state index contributed by atoms with van der Waals surface area (Å²) in [6.45, 7) is 0. The molecule has 0 spiro atoms. The molecular formula is C14H13ClN2O2S. The van der Waals surface area contributed by atoms with E-state index in [0.717, 1.165) is 16.4 Å². The summed E-state index contributed by atoms with van der Waals surface area (Å²) in [4.78, 5) is 10.8.